The zero-order chi connectivity index (χ0) is 22.7. The number of carbonyl (C=O) groups is 1. The molecular weight excluding hydrogens is 431 g/mol. The average molecular weight is 453 g/mol. The maximum Gasteiger partial charge on any atom is 0.283 e. The molecule has 0 fully saturated rings. The largest absolute Gasteiger partial charge is 0.493 e. The topological polar surface area (TPSA) is 87.3 Å². The Balaban J connectivity index is 1.56. The Morgan fingerprint density at radius 3 is 2.78 bits per heavy atom. The third-order valence-electron chi connectivity index (χ3n) is 4.80. The fourth-order valence-corrected chi connectivity index (χ4v) is 4.16. The molecule has 0 unspecified atom stereocenters. The molecule has 2 aromatic carbocycles. The number of halogens is 1. The fourth-order valence-electron chi connectivity index (χ4n) is 3.18. The van der Waals surface area contributed by atoms with Crippen molar-refractivity contribution in [3.8, 4) is 11.5 Å². The van der Waals surface area contributed by atoms with Crippen LogP contribution in [0.1, 0.15) is 30.9 Å². The molecule has 7 nitrogen and oxygen atoms in total. The molecule has 1 amide bonds. The predicted molar refractivity (Wildman–Crippen MR) is 124 cm³/mol. The van der Waals surface area contributed by atoms with Gasteiger partial charge in [0, 0.05) is 5.56 Å². The number of nitrogens with zero attached hydrogens (tertiary/aromatic N) is 3. The highest BCUT2D eigenvalue weighted by Gasteiger charge is 2.35. The minimum atomic E-state index is -0.486. The van der Waals surface area contributed by atoms with Gasteiger partial charge in [-0.3, -0.25) is 10.2 Å². The fraction of sp³-hybridized carbons (Fsp3) is 0.217. The number of amidine groups is 2. The van der Waals surface area contributed by atoms with E-state index >= 15 is 0 Å². The quantitative estimate of drug-likeness (QED) is 0.608. The second-order valence-corrected chi connectivity index (χ2v) is 8.09. The summed E-state index contributed by atoms with van der Waals surface area (Å²) >= 11 is 1.32. The van der Waals surface area contributed by atoms with Crippen molar-refractivity contribution in [3.05, 3.63) is 65.0 Å². The van der Waals surface area contributed by atoms with Crippen LogP contribution in [0.25, 0.3) is 6.08 Å². The van der Waals surface area contributed by atoms with Crippen LogP contribution in [-0.2, 0) is 11.4 Å². The van der Waals surface area contributed by atoms with E-state index in [4.69, 9.17) is 14.9 Å². The molecule has 0 bridgehead atoms. The molecule has 2 aliphatic heterocycles. The standard InChI is InChI=1S/C23H21FN4O3S/c1-3-6-20-27-28-21(25)16(22(29)26-23(28)32-20)11-14-9-10-18(19(12-14)30-2)31-13-15-7-4-5-8-17(15)24/h4-5,7-12,25H,3,6,13H2,1-2H3/b16-11-,25-21?. The Hall–Kier alpha value is -3.46. The third-order valence-corrected chi connectivity index (χ3v) is 5.77. The van der Waals surface area contributed by atoms with Crippen LogP contribution in [0, 0.1) is 11.2 Å². The summed E-state index contributed by atoms with van der Waals surface area (Å²) in [5, 5.41) is 15.5. The first kappa shape index (κ1) is 21.8. The number of thioether (sulfide) groups is 1. The number of methoxy groups -OCH3 is 1. The second-order valence-electron chi connectivity index (χ2n) is 7.05. The van der Waals surface area contributed by atoms with Gasteiger partial charge in [0.05, 0.1) is 12.7 Å². The molecule has 0 atom stereocenters. The number of hydrogen-bond acceptors (Lipinski definition) is 6. The predicted octanol–water partition coefficient (Wildman–Crippen LogP) is 4.83. The van der Waals surface area contributed by atoms with Crippen molar-refractivity contribution >= 4 is 39.8 Å². The number of fused-ring (bicyclic) bond motifs is 1. The van der Waals surface area contributed by atoms with Crippen LogP contribution >= 0.6 is 11.8 Å². The molecule has 0 radical (unpaired) electrons. The molecule has 4 rings (SSSR count). The molecule has 0 saturated carbocycles. The van der Waals surface area contributed by atoms with Gasteiger partial charge >= 0.3 is 0 Å². The Labute approximate surface area is 189 Å². The molecule has 0 saturated heterocycles. The monoisotopic (exact) mass is 452 g/mol. The summed E-state index contributed by atoms with van der Waals surface area (Å²) in [6, 6.07) is 11.5. The van der Waals surface area contributed by atoms with Crippen molar-refractivity contribution in [1.82, 2.24) is 5.01 Å². The highest BCUT2D eigenvalue weighted by molar-refractivity contribution is 8.26. The van der Waals surface area contributed by atoms with E-state index in [2.05, 4.69) is 10.1 Å². The van der Waals surface area contributed by atoms with Gasteiger partial charge in [0.15, 0.2) is 17.3 Å². The molecular formula is C23H21FN4O3S. The molecule has 0 aliphatic carbocycles. The Kier molecular flexibility index (Phi) is 6.36. The third kappa shape index (κ3) is 4.43. The minimum absolute atomic E-state index is 0.0163. The lowest BCUT2D eigenvalue weighted by Gasteiger charge is -2.20. The summed E-state index contributed by atoms with van der Waals surface area (Å²) in [5.74, 6) is 0.0209. The lowest BCUT2D eigenvalue weighted by molar-refractivity contribution is -0.114. The summed E-state index contributed by atoms with van der Waals surface area (Å²) < 4.78 is 25.0. The van der Waals surface area contributed by atoms with E-state index in [1.165, 1.54) is 29.9 Å². The molecule has 2 aliphatic rings. The van der Waals surface area contributed by atoms with E-state index in [9.17, 15) is 9.18 Å². The van der Waals surface area contributed by atoms with E-state index in [-0.39, 0.29) is 23.8 Å². The van der Waals surface area contributed by atoms with E-state index in [1.54, 1.807) is 42.5 Å². The van der Waals surface area contributed by atoms with Gasteiger partial charge in [-0.25, -0.2) is 4.39 Å². The number of amides is 1. The molecule has 32 heavy (non-hydrogen) atoms. The van der Waals surface area contributed by atoms with E-state index in [1.807, 2.05) is 6.92 Å². The maximum absolute atomic E-state index is 13.8. The van der Waals surface area contributed by atoms with Gasteiger partial charge in [-0.15, -0.1) is 0 Å². The number of aliphatic imine (C=N–C) groups is 1. The normalized spacial score (nSPS) is 16.7. The molecule has 2 heterocycles. The van der Waals surface area contributed by atoms with E-state index in [0.717, 1.165) is 17.9 Å². The average Bonchev–Trinajstić information content (AvgIpc) is 3.19. The SMILES string of the molecule is CCCC1=NN2C(=N)/C(=C/c3ccc(OCc4ccccc4F)c(OC)c3)C(=O)N=C2S1. The number of hydrogen-bond donors (Lipinski definition) is 1. The summed E-state index contributed by atoms with van der Waals surface area (Å²) in [6.07, 6.45) is 3.26. The smallest absolute Gasteiger partial charge is 0.283 e. The highest BCUT2D eigenvalue weighted by Crippen LogP contribution is 2.32. The van der Waals surface area contributed by atoms with E-state index in [0.29, 0.717) is 27.8 Å². The number of hydrazone groups is 1. The lowest BCUT2D eigenvalue weighted by atomic mass is 10.1. The number of benzene rings is 2. The Morgan fingerprint density at radius 2 is 2.03 bits per heavy atom. The maximum atomic E-state index is 13.8. The summed E-state index contributed by atoms with van der Waals surface area (Å²) in [7, 11) is 1.50. The van der Waals surface area contributed by atoms with Gasteiger partial charge in [0.25, 0.3) is 5.91 Å². The summed E-state index contributed by atoms with van der Waals surface area (Å²) in [4.78, 5) is 16.6. The van der Waals surface area contributed by atoms with Crippen LogP contribution in [-0.4, -0.2) is 34.1 Å². The zero-order valence-corrected chi connectivity index (χ0v) is 18.4. The van der Waals surface area contributed by atoms with Gasteiger partial charge in [0.1, 0.15) is 17.5 Å². The van der Waals surface area contributed by atoms with Crippen molar-refractivity contribution in [2.24, 2.45) is 10.1 Å². The summed E-state index contributed by atoms with van der Waals surface area (Å²) in [6.45, 7) is 2.09. The zero-order valence-electron chi connectivity index (χ0n) is 17.6. The van der Waals surface area contributed by atoms with Crippen molar-refractivity contribution in [2.45, 2.75) is 26.4 Å². The summed E-state index contributed by atoms with van der Waals surface area (Å²) in [5.41, 5.74) is 1.21. The van der Waals surface area contributed by atoms with Crippen molar-refractivity contribution in [3.63, 3.8) is 0 Å². The lowest BCUT2D eigenvalue weighted by Crippen LogP contribution is -2.35. The van der Waals surface area contributed by atoms with Crippen molar-refractivity contribution in [2.75, 3.05) is 7.11 Å². The molecule has 164 valence electrons. The molecule has 0 spiro atoms. The number of nitrogens with one attached hydrogen (secondary N) is 1. The number of rotatable bonds is 7. The van der Waals surface area contributed by atoms with Crippen LogP contribution in [0.5, 0.6) is 11.5 Å². The first-order chi connectivity index (χ1) is 15.5. The number of ether oxygens (including phenoxy) is 2. The van der Waals surface area contributed by atoms with Crippen LogP contribution in [0.15, 0.2) is 58.1 Å². The van der Waals surface area contributed by atoms with Crippen molar-refractivity contribution in [1.29, 1.82) is 5.41 Å². The van der Waals surface area contributed by atoms with Crippen LogP contribution in [0.3, 0.4) is 0 Å². The van der Waals surface area contributed by atoms with Crippen LogP contribution in [0.2, 0.25) is 0 Å². The van der Waals surface area contributed by atoms with Gasteiger partial charge in [0.2, 0.25) is 5.17 Å². The molecule has 0 aromatic heterocycles. The molecule has 2 aromatic rings. The van der Waals surface area contributed by atoms with Gasteiger partial charge < -0.3 is 9.47 Å². The van der Waals surface area contributed by atoms with Crippen molar-refractivity contribution < 1.29 is 18.7 Å². The molecule has 1 N–H and O–H groups in total. The minimum Gasteiger partial charge on any atom is -0.493 e. The van der Waals surface area contributed by atoms with Crippen LogP contribution < -0.4 is 9.47 Å². The van der Waals surface area contributed by atoms with E-state index < -0.39 is 5.91 Å². The van der Waals surface area contributed by atoms with Crippen LogP contribution in [0.4, 0.5) is 4.39 Å². The van der Waals surface area contributed by atoms with Gasteiger partial charge in [-0.1, -0.05) is 31.2 Å². The van der Waals surface area contributed by atoms with Gasteiger partial charge in [-0.05, 0) is 54.4 Å². The number of carbonyl (C=O) groups excluding carboxylic acids is 1. The Bertz CT molecular complexity index is 1180. The van der Waals surface area contributed by atoms with Gasteiger partial charge in [-0.2, -0.15) is 15.1 Å². The molecule has 9 heteroatoms. The highest BCUT2D eigenvalue weighted by atomic mass is 32.2. The first-order valence-electron chi connectivity index (χ1n) is 10.0. The Morgan fingerprint density at radius 1 is 1.22 bits per heavy atom. The second kappa shape index (κ2) is 9.35. The first-order valence-corrected chi connectivity index (χ1v) is 10.8.